The van der Waals surface area contributed by atoms with Crippen LogP contribution >= 0.6 is 0 Å². The summed E-state index contributed by atoms with van der Waals surface area (Å²) in [6, 6.07) is 0. The Hall–Kier alpha value is -0.0905. The molecule has 0 aromatic heterocycles. The number of hydrogen-bond acceptors (Lipinski definition) is 2. The van der Waals surface area contributed by atoms with Crippen molar-refractivity contribution in [1.29, 1.82) is 0 Å². The van der Waals surface area contributed by atoms with E-state index in [2.05, 4.69) is 20.8 Å². The van der Waals surface area contributed by atoms with Gasteiger partial charge in [0.15, 0.2) is 0 Å². The van der Waals surface area contributed by atoms with Crippen LogP contribution in [0.25, 0.3) is 6.15 Å². The van der Waals surface area contributed by atoms with Gasteiger partial charge < -0.3 is 23.3 Å². The van der Waals surface area contributed by atoms with E-state index in [0.29, 0.717) is 12.5 Å². The molecule has 0 saturated carbocycles. The molecule has 0 fully saturated rings. The SMILES string of the molecule is O=C(O)C[CH-]O.[CH2-]C(C)C.[Fe+3].[NH2-]. The Morgan fingerprint density at radius 3 is 1.83 bits per heavy atom. The van der Waals surface area contributed by atoms with Gasteiger partial charge in [-0.1, -0.05) is 20.3 Å². The first-order valence-electron chi connectivity index (χ1n) is 3.01. The molecular formula is C7H16FeNO3. The topological polar surface area (TPSA) is 91.0 Å². The van der Waals surface area contributed by atoms with Crippen molar-refractivity contribution in [3.63, 3.8) is 0 Å². The molecule has 0 aliphatic rings. The van der Waals surface area contributed by atoms with Crippen LogP contribution in [0.2, 0.25) is 0 Å². The van der Waals surface area contributed by atoms with E-state index in [0.717, 1.165) is 0 Å². The molecular weight excluding hydrogens is 202 g/mol. The van der Waals surface area contributed by atoms with E-state index in [1.165, 1.54) is 0 Å². The number of nitrogens with two attached hydrogens (primary N) is 1. The molecule has 1 radical (unpaired) electrons. The third-order valence-corrected chi connectivity index (χ3v) is 0.266. The Morgan fingerprint density at radius 2 is 1.83 bits per heavy atom. The summed E-state index contributed by atoms with van der Waals surface area (Å²) in [6.07, 6.45) is -0.278. The number of carbonyl (C=O) groups is 1. The van der Waals surface area contributed by atoms with Gasteiger partial charge in [-0.15, -0.1) is 0 Å². The van der Waals surface area contributed by atoms with Crippen LogP contribution in [0.15, 0.2) is 0 Å². The molecule has 0 amide bonds. The Morgan fingerprint density at radius 1 is 1.58 bits per heavy atom. The summed E-state index contributed by atoms with van der Waals surface area (Å²) in [4.78, 5) is 9.41. The van der Waals surface area contributed by atoms with Crippen molar-refractivity contribution in [3.8, 4) is 0 Å². The summed E-state index contributed by atoms with van der Waals surface area (Å²) in [6.45, 7) is 8.35. The summed E-state index contributed by atoms with van der Waals surface area (Å²) in [5.74, 6) is -0.433. The fraction of sp³-hybridized carbons (Fsp3) is 0.571. The summed E-state index contributed by atoms with van der Waals surface area (Å²) in [5, 5.41) is 15.5. The van der Waals surface area contributed by atoms with Crippen LogP contribution in [0.5, 0.6) is 0 Å². The second kappa shape index (κ2) is 17.1. The van der Waals surface area contributed by atoms with Crippen LogP contribution in [-0.4, -0.2) is 16.2 Å². The minimum atomic E-state index is -1.02. The van der Waals surface area contributed by atoms with Gasteiger partial charge in [0.05, 0.1) is 0 Å². The third-order valence-electron chi connectivity index (χ3n) is 0.266. The molecule has 0 unspecified atom stereocenters. The van der Waals surface area contributed by atoms with Crippen molar-refractivity contribution < 1.29 is 32.1 Å². The van der Waals surface area contributed by atoms with Crippen molar-refractivity contribution in [1.82, 2.24) is 0 Å². The zero-order valence-electron chi connectivity index (χ0n) is 7.30. The van der Waals surface area contributed by atoms with Crippen molar-refractivity contribution in [3.05, 3.63) is 19.7 Å². The van der Waals surface area contributed by atoms with E-state index >= 15 is 0 Å². The Bertz CT molecular complexity index is 86.0. The van der Waals surface area contributed by atoms with Gasteiger partial charge in [0.2, 0.25) is 0 Å². The molecule has 0 rings (SSSR count). The summed E-state index contributed by atoms with van der Waals surface area (Å²) in [5.41, 5.74) is 0. The number of carboxylic acids is 1. The Labute approximate surface area is 84.4 Å². The van der Waals surface area contributed by atoms with E-state index in [9.17, 15) is 4.79 Å². The zero-order chi connectivity index (χ0) is 8.57. The minimum absolute atomic E-state index is 0. The van der Waals surface area contributed by atoms with Crippen LogP contribution in [0.3, 0.4) is 0 Å². The molecule has 0 saturated heterocycles. The quantitative estimate of drug-likeness (QED) is 0.549. The van der Waals surface area contributed by atoms with Gasteiger partial charge >= 0.3 is 17.1 Å². The molecule has 0 aromatic rings. The maximum absolute atomic E-state index is 9.41. The second-order valence-corrected chi connectivity index (χ2v) is 2.17. The number of hydrogen-bond donors (Lipinski definition) is 2. The number of aliphatic carboxylic acids is 1. The van der Waals surface area contributed by atoms with Gasteiger partial charge in [-0.25, -0.2) is 6.61 Å². The maximum Gasteiger partial charge on any atom is 3.00 e. The average Bonchev–Trinajstić information content (AvgIpc) is 1.62. The van der Waals surface area contributed by atoms with E-state index in [4.69, 9.17) is 10.2 Å². The van der Waals surface area contributed by atoms with E-state index in [1.54, 1.807) is 0 Å². The Balaban J connectivity index is -0.0000000483. The molecule has 4 nitrogen and oxygen atoms in total. The second-order valence-electron chi connectivity index (χ2n) is 2.17. The predicted molar refractivity (Wildman–Crippen MR) is 44.0 cm³/mol. The average molecular weight is 218 g/mol. The maximum atomic E-state index is 9.41. The molecule has 5 heteroatoms. The molecule has 12 heavy (non-hydrogen) atoms. The summed E-state index contributed by atoms with van der Waals surface area (Å²) in [7, 11) is 0. The Kier molecular flexibility index (Phi) is 32.3. The van der Waals surface area contributed by atoms with E-state index in [-0.39, 0.29) is 29.6 Å². The molecule has 0 spiro atoms. The van der Waals surface area contributed by atoms with Gasteiger partial charge in [-0.05, 0) is 0 Å². The fourth-order valence-corrected chi connectivity index (χ4v) is 0.0781. The normalized spacial score (nSPS) is 7.08. The number of aliphatic hydroxyl groups excluding tert-OH is 1. The zero-order valence-corrected chi connectivity index (χ0v) is 8.41. The van der Waals surface area contributed by atoms with E-state index in [1.807, 2.05) is 0 Å². The van der Waals surface area contributed by atoms with Crippen molar-refractivity contribution in [2.24, 2.45) is 5.92 Å². The molecule has 0 heterocycles. The molecule has 4 N–H and O–H groups in total. The summed E-state index contributed by atoms with van der Waals surface area (Å²) < 4.78 is 0. The van der Waals surface area contributed by atoms with E-state index < -0.39 is 5.97 Å². The monoisotopic (exact) mass is 218 g/mol. The molecule has 0 atom stereocenters. The van der Waals surface area contributed by atoms with Gasteiger partial charge in [0.1, 0.15) is 0 Å². The van der Waals surface area contributed by atoms with Crippen molar-refractivity contribution >= 4 is 5.97 Å². The molecule has 75 valence electrons. The van der Waals surface area contributed by atoms with Crippen LogP contribution in [0.4, 0.5) is 0 Å². The largest absolute Gasteiger partial charge is 3.00 e. The summed E-state index contributed by atoms with van der Waals surface area (Å²) >= 11 is 0. The number of carboxylic acid groups (broad SMARTS) is 1. The molecule has 0 aliphatic heterocycles. The predicted octanol–water partition coefficient (Wildman–Crippen LogP) is 2.19. The first-order valence-corrected chi connectivity index (χ1v) is 3.01. The number of rotatable bonds is 2. The first kappa shape index (κ1) is 22.7. The van der Waals surface area contributed by atoms with Crippen LogP contribution in [0, 0.1) is 19.4 Å². The van der Waals surface area contributed by atoms with Crippen LogP contribution < -0.4 is 0 Å². The molecule has 0 bridgehead atoms. The van der Waals surface area contributed by atoms with Gasteiger partial charge in [0, 0.05) is 0 Å². The fourth-order valence-electron chi connectivity index (χ4n) is 0.0781. The third kappa shape index (κ3) is 92.9. The van der Waals surface area contributed by atoms with Crippen LogP contribution in [0.1, 0.15) is 20.3 Å². The minimum Gasteiger partial charge on any atom is -0.693 e. The number of aliphatic hydroxyl groups is 1. The van der Waals surface area contributed by atoms with Gasteiger partial charge in [0.25, 0.3) is 5.97 Å². The molecule has 0 aromatic carbocycles. The first-order chi connectivity index (χ1) is 4.50. The van der Waals surface area contributed by atoms with Crippen LogP contribution in [-0.2, 0) is 21.9 Å². The van der Waals surface area contributed by atoms with Crippen molar-refractivity contribution in [2.45, 2.75) is 20.3 Å². The standard InChI is InChI=1S/C4H9.C3H5O3.Fe.H2N/c1-4(2)3;4-2-1-3(5)6;;/h4H,1H2,2-3H3;2,4H,1H2,(H,5,6);;1H2/q2*-1;+3;-1. The molecule has 0 aliphatic carbocycles. The van der Waals surface area contributed by atoms with Gasteiger partial charge in [-0.2, -0.15) is 5.92 Å². The van der Waals surface area contributed by atoms with Crippen molar-refractivity contribution in [2.75, 3.05) is 0 Å². The van der Waals surface area contributed by atoms with Gasteiger partial charge in [-0.3, -0.25) is 4.79 Å². The smallest absolute Gasteiger partial charge is 0.693 e.